The Hall–Kier alpha value is -3.38. The summed E-state index contributed by atoms with van der Waals surface area (Å²) in [6.07, 6.45) is 1.56. The lowest BCUT2D eigenvalue weighted by molar-refractivity contribution is -0.116. The molecule has 1 N–H and O–H groups in total. The molecule has 1 aromatic heterocycles. The first kappa shape index (κ1) is 20.9. The number of aryl methyl sites for hydroxylation is 3. The maximum Gasteiger partial charge on any atom is 0.244 e. The van der Waals surface area contributed by atoms with Gasteiger partial charge >= 0.3 is 0 Å². The van der Waals surface area contributed by atoms with E-state index in [9.17, 15) is 13.2 Å². The number of para-hydroxylation sites is 1. The fraction of sp³-hybridized carbons (Fsp3) is 0.160. The van der Waals surface area contributed by atoms with E-state index in [4.69, 9.17) is 0 Å². The molecule has 0 unspecified atom stereocenters. The van der Waals surface area contributed by atoms with E-state index in [2.05, 4.69) is 5.32 Å². The zero-order chi connectivity index (χ0) is 22.2. The van der Waals surface area contributed by atoms with Crippen LogP contribution >= 0.6 is 0 Å². The Morgan fingerprint density at radius 2 is 1.52 bits per heavy atom. The van der Waals surface area contributed by atoms with Gasteiger partial charge < -0.3 is 9.88 Å². The molecule has 0 atom stereocenters. The highest BCUT2D eigenvalue weighted by Crippen LogP contribution is 2.30. The predicted octanol–water partition coefficient (Wildman–Crippen LogP) is 5.04. The summed E-state index contributed by atoms with van der Waals surface area (Å²) >= 11 is 0. The van der Waals surface area contributed by atoms with Gasteiger partial charge in [-0.25, -0.2) is 8.42 Å². The predicted molar refractivity (Wildman–Crippen MR) is 123 cm³/mol. The first-order valence-electron chi connectivity index (χ1n) is 10.0. The third-order valence-corrected chi connectivity index (χ3v) is 6.99. The molecule has 0 spiro atoms. The number of nitrogens with zero attached hydrogens (tertiary/aromatic N) is 1. The molecule has 0 bridgehead atoms. The van der Waals surface area contributed by atoms with Crippen LogP contribution in [0.25, 0.3) is 10.9 Å². The van der Waals surface area contributed by atoms with Gasteiger partial charge in [-0.2, -0.15) is 0 Å². The molecule has 5 nitrogen and oxygen atoms in total. The second-order valence-electron chi connectivity index (χ2n) is 7.88. The number of benzene rings is 3. The lowest BCUT2D eigenvalue weighted by atomic mass is 10.1. The van der Waals surface area contributed by atoms with Crippen LogP contribution < -0.4 is 5.32 Å². The lowest BCUT2D eigenvalue weighted by Crippen LogP contribution is -2.18. The summed E-state index contributed by atoms with van der Waals surface area (Å²) in [4.78, 5) is 13.2. The van der Waals surface area contributed by atoms with E-state index in [0.29, 0.717) is 10.9 Å². The van der Waals surface area contributed by atoms with Crippen molar-refractivity contribution in [1.29, 1.82) is 0 Å². The lowest BCUT2D eigenvalue weighted by Gasteiger charge is -2.09. The summed E-state index contributed by atoms with van der Waals surface area (Å²) in [6, 6.07) is 19.9. The second-order valence-corrected chi connectivity index (χ2v) is 9.80. The maximum atomic E-state index is 13.3. The van der Waals surface area contributed by atoms with Gasteiger partial charge in [0.05, 0.1) is 9.79 Å². The molecule has 31 heavy (non-hydrogen) atoms. The van der Waals surface area contributed by atoms with Crippen LogP contribution in [0, 0.1) is 20.8 Å². The smallest absolute Gasteiger partial charge is 0.244 e. The second kappa shape index (κ2) is 8.04. The summed E-state index contributed by atoms with van der Waals surface area (Å²) in [6.45, 7) is 5.88. The van der Waals surface area contributed by atoms with Gasteiger partial charge in [0.2, 0.25) is 15.7 Å². The van der Waals surface area contributed by atoms with Crippen LogP contribution in [0.2, 0.25) is 0 Å². The van der Waals surface area contributed by atoms with Crippen molar-refractivity contribution < 1.29 is 13.2 Å². The summed E-state index contributed by atoms with van der Waals surface area (Å²) < 4.78 is 28.3. The monoisotopic (exact) mass is 432 g/mol. The van der Waals surface area contributed by atoms with Crippen molar-refractivity contribution in [3.8, 4) is 0 Å². The van der Waals surface area contributed by atoms with Crippen molar-refractivity contribution in [3.05, 3.63) is 89.6 Å². The molecule has 0 aliphatic heterocycles. The van der Waals surface area contributed by atoms with Gasteiger partial charge in [-0.15, -0.1) is 0 Å². The number of carbonyl (C=O) groups excluding carboxylic acids is 1. The van der Waals surface area contributed by atoms with Crippen LogP contribution in [0.5, 0.6) is 0 Å². The van der Waals surface area contributed by atoms with Gasteiger partial charge in [-0.1, -0.05) is 42.0 Å². The van der Waals surface area contributed by atoms with E-state index in [0.717, 1.165) is 22.4 Å². The van der Waals surface area contributed by atoms with Crippen LogP contribution in [-0.4, -0.2) is 18.9 Å². The minimum absolute atomic E-state index is 0.0108. The molecule has 0 aliphatic carbocycles. The topological polar surface area (TPSA) is 68.2 Å². The van der Waals surface area contributed by atoms with E-state index in [1.807, 2.05) is 51.1 Å². The largest absolute Gasteiger partial charge is 0.337 e. The number of rotatable bonds is 5. The van der Waals surface area contributed by atoms with Crippen LogP contribution in [0.4, 0.5) is 5.69 Å². The Labute approximate surface area is 182 Å². The standard InChI is InChI=1S/C25H24N2O3S/c1-17-8-10-21(11-9-17)31(29,30)24-15-27(23-7-5-4-6-22(23)24)16-25(28)26-20-13-18(2)12-19(3)14-20/h4-15H,16H2,1-3H3,(H,26,28). The first-order valence-corrected chi connectivity index (χ1v) is 11.5. The molecule has 0 aliphatic rings. The minimum atomic E-state index is -3.72. The minimum Gasteiger partial charge on any atom is -0.337 e. The summed E-state index contributed by atoms with van der Waals surface area (Å²) in [5, 5.41) is 3.51. The van der Waals surface area contributed by atoms with E-state index >= 15 is 0 Å². The Balaban J connectivity index is 1.70. The number of sulfone groups is 1. The normalized spacial score (nSPS) is 11.6. The molecule has 4 aromatic rings. The fourth-order valence-corrected chi connectivity index (χ4v) is 5.28. The number of hydrogen-bond donors (Lipinski definition) is 1. The molecule has 1 heterocycles. The van der Waals surface area contributed by atoms with Crippen LogP contribution in [0.1, 0.15) is 16.7 Å². The van der Waals surface area contributed by atoms with Gasteiger partial charge in [-0.05, 0) is 62.2 Å². The highest BCUT2D eigenvalue weighted by molar-refractivity contribution is 7.91. The third kappa shape index (κ3) is 4.25. The molecule has 0 fully saturated rings. The van der Waals surface area contributed by atoms with Crippen molar-refractivity contribution >= 4 is 32.3 Å². The van der Waals surface area contributed by atoms with Gasteiger partial charge in [-0.3, -0.25) is 4.79 Å². The summed E-state index contributed by atoms with van der Waals surface area (Å²) in [5.41, 5.74) is 4.54. The molecule has 0 saturated heterocycles. The van der Waals surface area contributed by atoms with Gasteiger partial charge in [0.1, 0.15) is 6.54 Å². The van der Waals surface area contributed by atoms with E-state index in [-0.39, 0.29) is 22.2 Å². The molecule has 4 rings (SSSR count). The number of fused-ring (bicyclic) bond motifs is 1. The van der Waals surface area contributed by atoms with Crippen molar-refractivity contribution in [3.63, 3.8) is 0 Å². The van der Waals surface area contributed by atoms with Crippen LogP contribution in [0.15, 0.2) is 82.7 Å². The molecule has 6 heteroatoms. The Morgan fingerprint density at radius 1 is 0.871 bits per heavy atom. The Bertz CT molecular complexity index is 1360. The molecular formula is C25H24N2O3S. The number of anilines is 1. The molecule has 158 valence electrons. The molecular weight excluding hydrogens is 408 g/mol. The van der Waals surface area contributed by atoms with E-state index in [1.54, 1.807) is 47.2 Å². The van der Waals surface area contributed by atoms with Crippen molar-refractivity contribution in [2.45, 2.75) is 37.1 Å². The molecule has 1 amide bonds. The molecule has 3 aromatic carbocycles. The van der Waals surface area contributed by atoms with Gasteiger partial charge in [0.25, 0.3) is 0 Å². The fourth-order valence-electron chi connectivity index (χ4n) is 3.80. The number of carbonyl (C=O) groups is 1. The van der Waals surface area contributed by atoms with Gasteiger partial charge in [0, 0.05) is 22.8 Å². The molecule has 0 saturated carbocycles. The third-order valence-electron chi connectivity index (χ3n) is 5.19. The maximum absolute atomic E-state index is 13.3. The quantitative estimate of drug-likeness (QED) is 0.480. The number of aromatic nitrogens is 1. The Kier molecular flexibility index (Phi) is 5.41. The van der Waals surface area contributed by atoms with Crippen LogP contribution in [-0.2, 0) is 21.2 Å². The van der Waals surface area contributed by atoms with Crippen molar-refractivity contribution in [2.75, 3.05) is 5.32 Å². The van der Waals surface area contributed by atoms with Crippen molar-refractivity contribution in [1.82, 2.24) is 4.57 Å². The highest BCUT2D eigenvalue weighted by Gasteiger charge is 2.23. The number of amides is 1. The first-order chi connectivity index (χ1) is 14.7. The average Bonchev–Trinajstić information content (AvgIpc) is 3.07. The Morgan fingerprint density at radius 3 is 2.19 bits per heavy atom. The SMILES string of the molecule is Cc1ccc(S(=O)(=O)c2cn(CC(=O)Nc3cc(C)cc(C)c3)c3ccccc23)cc1. The zero-order valence-corrected chi connectivity index (χ0v) is 18.5. The van der Waals surface area contributed by atoms with E-state index < -0.39 is 9.84 Å². The van der Waals surface area contributed by atoms with Crippen LogP contribution in [0.3, 0.4) is 0 Å². The summed E-state index contributed by atoms with van der Waals surface area (Å²) in [7, 11) is -3.72. The molecule has 0 radical (unpaired) electrons. The van der Waals surface area contributed by atoms with Crippen molar-refractivity contribution in [2.24, 2.45) is 0 Å². The van der Waals surface area contributed by atoms with E-state index in [1.165, 1.54) is 0 Å². The number of nitrogens with one attached hydrogen (secondary N) is 1. The highest BCUT2D eigenvalue weighted by atomic mass is 32.2. The van der Waals surface area contributed by atoms with Gasteiger partial charge in [0.15, 0.2) is 0 Å². The summed E-state index contributed by atoms with van der Waals surface area (Å²) in [5.74, 6) is -0.218. The zero-order valence-electron chi connectivity index (χ0n) is 17.7. The average molecular weight is 433 g/mol. The number of hydrogen-bond acceptors (Lipinski definition) is 3.